The molecular weight excluding hydrogens is 290 g/mol. The van der Waals surface area contributed by atoms with Gasteiger partial charge in [0.15, 0.2) is 5.65 Å². The number of benzene rings is 1. The van der Waals surface area contributed by atoms with Crippen LogP contribution in [0, 0.1) is 0 Å². The second kappa shape index (κ2) is 5.08. The molecule has 1 aromatic carbocycles. The summed E-state index contributed by atoms with van der Waals surface area (Å²) in [4.78, 5) is 10.8. The van der Waals surface area contributed by atoms with E-state index in [9.17, 15) is 0 Å². The average molecular weight is 307 g/mol. The molecule has 0 saturated heterocycles. The van der Waals surface area contributed by atoms with Crippen LogP contribution in [0.1, 0.15) is 18.7 Å². The predicted octanol–water partition coefficient (Wildman–Crippen LogP) is 3.31. The van der Waals surface area contributed by atoms with Gasteiger partial charge in [0, 0.05) is 19.5 Å². The number of rotatable bonds is 3. The zero-order valence-corrected chi connectivity index (χ0v) is 13.3. The fourth-order valence-electron chi connectivity index (χ4n) is 2.81. The van der Waals surface area contributed by atoms with Gasteiger partial charge in [-0.2, -0.15) is 5.10 Å². The van der Waals surface area contributed by atoms with Crippen molar-refractivity contribution in [3.8, 4) is 0 Å². The maximum atomic E-state index is 5.98. The van der Waals surface area contributed by atoms with E-state index in [0.717, 1.165) is 33.6 Å². The molecule has 0 bridgehead atoms. The molecule has 4 aromatic rings. The van der Waals surface area contributed by atoms with Crippen molar-refractivity contribution < 1.29 is 4.42 Å². The van der Waals surface area contributed by atoms with Crippen molar-refractivity contribution in [1.82, 2.24) is 19.7 Å². The number of aryl methyl sites for hydroxylation is 1. The second-order valence-corrected chi connectivity index (χ2v) is 5.68. The Kier molecular flexibility index (Phi) is 3.04. The third kappa shape index (κ3) is 2.14. The van der Waals surface area contributed by atoms with E-state index in [1.54, 1.807) is 17.2 Å². The van der Waals surface area contributed by atoms with E-state index in [2.05, 4.69) is 39.0 Å². The largest absolute Gasteiger partial charge is 0.459 e. The number of hydrogen-bond acceptors (Lipinski definition) is 5. The number of para-hydroxylation sites is 1. The molecule has 3 heterocycles. The predicted molar refractivity (Wildman–Crippen MR) is 89.3 cm³/mol. The molecule has 3 aromatic heterocycles. The first-order chi connectivity index (χ1) is 11.1. The first-order valence-corrected chi connectivity index (χ1v) is 7.49. The lowest BCUT2D eigenvalue weighted by molar-refractivity contribution is 0.501. The van der Waals surface area contributed by atoms with Crippen molar-refractivity contribution in [3.63, 3.8) is 0 Å². The van der Waals surface area contributed by atoms with Crippen LogP contribution in [0.5, 0.6) is 0 Å². The van der Waals surface area contributed by atoms with Gasteiger partial charge >= 0.3 is 0 Å². The fourth-order valence-corrected chi connectivity index (χ4v) is 2.81. The number of hydrogen-bond donors (Lipinski definition) is 0. The van der Waals surface area contributed by atoms with Gasteiger partial charge < -0.3 is 9.32 Å². The molecule has 6 heteroatoms. The minimum Gasteiger partial charge on any atom is -0.459 e. The molecule has 0 aliphatic carbocycles. The van der Waals surface area contributed by atoms with Gasteiger partial charge in [0.25, 0.3) is 0 Å². The van der Waals surface area contributed by atoms with Crippen LogP contribution in [0.3, 0.4) is 0 Å². The van der Waals surface area contributed by atoms with Gasteiger partial charge in [0.05, 0.1) is 17.6 Å². The highest BCUT2D eigenvalue weighted by atomic mass is 16.3. The minimum atomic E-state index is 0.0423. The van der Waals surface area contributed by atoms with Gasteiger partial charge in [0.2, 0.25) is 0 Å². The smallest absolute Gasteiger partial charge is 0.163 e. The molecule has 0 fully saturated rings. The molecule has 0 aliphatic rings. The summed E-state index contributed by atoms with van der Waals surface area (Å²) in [5.74, 6) is 1.75. The van der Waals surface area contributed by atoms with E-state index in [1.165, 1.54) is 0 Å². The number of fused-ring (bicyclic) bond motifs is 2. The van der Waals surface area contributed by atoms with Crippen molar-refractivity contribution in [2.24, 2.45) is 7.05 Å². The van der Waals surface area contributed by atoms with Crippen molar-refractivity contribution >= 4 is 27.8 Å². The normalized spacial score (nSPS) is 12.8. The summed E-state index contributed by atoms with van der Waals surface area (Å²) in [6.45, 7) is 2.10. The first-order valence-electron chi connectivity index (χ1n) is 7.49. The molecule has 4 rings (SSSR count). The summed E-state index contributed by atoms with van der Waals surface area (Å²) in [6, 6.07) is 10.2. The maximum Gasteiger partial charge on any atom is 0.163 e. The molecule has 0 N–H and O–H groups in total. The monoisotopic (exact) mass is 307 g/mol. The third-order valence-corrected chi connectivity index (χ3v) is 4.28. The second-order valence-electron chi connectivity index (χ2n) is 5.68. The quantitative estimate of drug-likeness (QED) is 0.581. The number of nitrogens with zero attached hydrogens (tertiary/aromatic N) is 5. The van der Waals surface area contributed by atoms with Crippen LogP contribution < -0.4 is 4.90 Å². The summed E-state index contributed by atoms with van der Waals surface area (Å²) in [6.07, 6.45) is 3.37. The molecule has 0 amide bonds. The zero-order chi connectivity index (χ0) is 16.0. The van der Waals surface area contributed by atoms with Crippen LogP contribution in [-0.4, -0.2) is 26.8 Å². The summed E-state index contributed by atoms with van der Waals surface area (Å²) >= 11 is 0. The van der Waals surface area contributed by atoms with Gasteiger partial charge in [-0.1, -0.05) is 18.2 Å². The Morgan fingerprint density at radius 3 is 2.87 bits per heavy atom. The van der Waals surface area contributed by atoms with Crippen molar-refractivity contribution in [1.29, 1.82) is 0 Å². The Morgan fingerprint density at radius 1 is 1.22 bits per heavy atom. The number of aromatic nitrogens is 4. The van der Waals surface area contributed by atoms with E-state index in [-0.39, 0.29) is 6.04 Å². The molecule has 23 heavy (non-hydrogen) atoms. The molecule has 0 unspecified atom stereocenters. The van der Waals surface area contributed by atoms with Crippen LogP contribution in [0.2, 0.25) is 0 Å². The van der Waals surface area contributed by atoms with E-state index >= 15 is 0 Å². The van der Waals surface area contributed by atoms with Crippen LogP contribution >= 0.6 is 0 Å². The highest BCUT2D eigenvalue weighted by molar-refractivity contribution is 5.86. The number of anilines is 1. The van der Waals surface area contributed by atoms with Gasteiger partial charge in [-0.15, -0.1) is 0 Å². The first kappa shape index (κ1) is 13.8. The van der Waals surface area contributed by atoms with Crippen molar-refractivity contribution in [2.75, 3.05) is 11.9 Å². The molecule has 0 aliphatic heterocycles. The summed E-state index contributed by atoms with van der Waals surface area (Å²) in [5.41, 5.74) is 1.72. The minimum absolute atomic E-state index is 0.0423. The van der Waals surface area contributed by atoms with Gasteiger partial charge in [0.1, 0.15) is 23.5 Å². The molecule has 0 radical (unpaired) electrons. The SMILES string of the molecule is C[C@H](c1cc2ccccc2o1)N(C)c1ncnc2c1cnn2C. The van der Waals surface area contributed by atoms with Gasteiger partial charge in [-0.3, -0.25) is 4.68 Å². The van der Waals surface area contributed by atoms with E-state index in [4.69, 9.17) is 4.42 Å². The van der Waals surface area contributed by atoms with E-state index in [1.807, 2.05) is 32.3 Å². The molecule has 116 valence electrons. The van der Waals surface area contributed by atoms with Gasteiger partial charge in [-0.05, 0) is 19.1 Å². The Balaban J connectivity index is 1.76. The Bertz CT molecular complexity index is 954. The Hall–Kier alpha value is -2.89. The highest BCUT2D eigenvalue weighted by Crippen LogP contribution is 2.31. The van der Waals surface area contributed by atoms with Crippen LogP contribution in [0.15, 0.2) is 47.3 Å². The Labute approximate surface area is 133 Å². The topological polar surface area (TPSA) is 60.0 Å². The summed E-state index contributed by atoms with van der Waals surface area (Å²) in [7, 11) is 3.88. The third-order valence-electron chi connectivity index (χ3n) is 4.28. The number of furan rings is 1. The van der Waals surface area contributed by atoms with E-state index < -0.39 is 0 Å². The van der Waals surface area contributed by atoms with Crippen LogP contribution in [0.4, 0.5) is 5.82 Å². The summed E-state index contributed by atoms with van der Waals surface area (Å²) < 4.78 is 7.73. The lowest BCUT2D eigenvalue weighted by Crippen LogP contribution is -2.22. The lowest BCUT2D eigenvalue weighted by atomic mass is 10.2. The summed E-state index contributed by atoms with van der Waals surface area (Å²) in [5, 5.41) is 6.31. The average Bonchev–Trinajstić information content (AvgIpc) is 3.17. The maximum absolute atomic E-state index is 5.98. The molecular formula is C17H17N5O. The molecule has 0 saturated carbocycles. The standard InChI is InChI=1S/C17H17N5O/c1-11(15-8-12-6-4-5-7-14(12)23-15)21(2)16-13-9-20-22(3)17(13)19-10-18-16/h4-11H,1-3H3/t11-/m1/s1. The molecule has 0 spiro atoms. The van der Waals surface area contributed by atoms with E-state index in [0.29, 0.717) is 0 Å². The fraction of sp³-hybridized carbons (Fsp3) is 0.235. The van der Waals surface area contributed by atoms with Crippen LogP contribution in [-0.2, 0) is 7.05 Å². The molecule has 6 nitrogen and oxygen atoms in total. The van der Waals surface area contributed by atoms with Crippen LogP contribution in [0.25, 0.3) is 22.0 Å². The van der Waals surface area contributed by atoms with Crippen molar-refractivity contribution in [2.45, 2.75) is 13.0 Å². The zero-order valence-electron chi connectivity index (χ0n) is 13.3. The lowest BCUT2D eigenvalue weighted by Gasteiger charge is -2.24. The van der Waals surface area contributed by atoms with Crippen molar-refractivity contribution in [3.05, 3.63) is 48.6 Å². The molecule has 1 atom stereocenters. The van der Waals surface area contributed by atoms with Gasteiger partial charge in [-0.25, -0.2) is 9.97 Å². The highest BCUT2D eigenvalue weighted by Gasteiger charge is 2.20. The Morgan fingerprint density at radius 2 is 2.04 bits per heavy atom.